The molecule has 2 aliphatic rings. The molecule has 0 aromatic rings. The Hall–Kier alpha value is -0.750. The summed E-state index contributed by atoms with van der Waals surface area (Å²) < 4.78 is 34.4. The number of hydrogen-bond acceptors (Lipinski definition) is 4. The van der Waals surface area contributed by atoms with Crippen LogP contribution in [0.1, 0.15) is 45.4 Å². The maximum atomic E-state index is 12.4. The number of hydrogen-bond donors (Lipinski definition) is 1. The molecule has 2 atom stereocenters. The number of nitrogens with one attached hydrogen (secondary N) is 1. The molecule has 0 aromatic heterocycles. The zero-order valence-corrected chi connectivity index (χ0v) is 12.6. The van der Waals surface area contributed by atoms with Crippen LogP contribution in [0.25, 0.3) is 0 Å². The predicted octanol–water partition coefficient (Wildman–Crippen LogP) is 2.51. The molecule has 0 saturated heterocycles. The summed E-state index contributed by atoms with van der Waals surface area (Å²) in [5.74, 6) is -0.0805. The Labute approximate surface area is 124 Å². The summed E-state index contributed by atoms with van der Waals surface area (Å²) in [6, 6.07) is 0.400. The molecule has 1 N–H and O–H groups in total. The maximum absolute atomic E-state index is 12.4. The molecule has 0 aromatic carbocycles. The Balaban J connectivity index is 1.93. The standard InChI is InChI=1S/C15H25F2NO3/c1-2-21-14(19)15(18-12-5-6-12)8-3-4-11(15)7-9-20-10-13(16)17/h11-13,18H,2-10H2,1H3. The predicted molar refractivity (Wildman–Crippen MR) is 74.3 cm³/mol. The molecular weight excluding hydrogens is 280 g/mol. The lowest BCUT2D eigenvalue weighted by atomic mass is 9.84. The zero-order valence-electron chi connectivity index (χ0n) is 12.6. The Bertz CT molecular complexity index is 350. The molecule has 0 spiro atoms. The van der Waals surface area contributed by atoms with Crippen molar-refractivity contribution in [2.24, 2.45) is 5.92 Å². The molecule has 2 saturated carbocycles. The van der Waals surface area contributed by atoms with Crippen LogP contribution in [0.15, 0.2) is 0 Å². The fraction of sp³-hybridized carbons (Fsp3) is 0.933. The molecule has 2 rings (SSSR count). The second kappa shape index (κ2) is 7.49. The van der Waals surface area contributed by atoms with Gasteiger partial charge < -0.3 is 9.47 Å². The van der Waals surface area contributed by atoms with Crippen molar-refractivity contribution in [3.8, 4) is 0 Å². The van der Waals surface area contributed by atoms with E-state index in [1.54, 1.807) is 6.92 Å². The highest BCUT2D eigenvalue weighted by molar-refractivity contribution is 5.82. The molecule has 21 heavy (non-hydrogen) atoms. The van der Waals surface area contributed by atoms with Gasteiger partial charge in [0.25, 0.3) is 6.43 Å². The first-order valence-electron chi connectivity index (χ1n) is 7.89. The summed E-state index contributed by atoms with van der Waals surface area (Å²) in [6.45, 7) is 1.90. The van der Waals surface area contributed by atoms with E-state index in [4.69, 9.17) is 9.47 Å². The van der Waals surface area contributed by atoms with E-state index in [2.05, 4.69) is 5.32 Å². The minimum Gasteiger partial charge on any atom is -0.465 e. The quantitative estimate of drug-likeness (QED) is 0.525. The van der Waals surface area contributed by atoms with Gasteiger partial charge in [0.1, 0.15) is 12.1 Å². The Morgan fingerprint density at radius 2 is 2.14 bits per heavy atom. The first-order valence-corrected chi connectivity index (χ1v) is 7.89. The van der Waals surface area contributed by atoms with Gasteiger partial charge in [-0.25, -0.2) is 8.78 Å². The normalized spacial score (nSPS) is 29.0. The van der Waals surface area contributed by atoms with Gasteiger partial charge in [-0.2, -0.15) is 0 Å². The van der Waals surface area contributed by atoms with Gasteiger partial charge in [-0.15, -0.1) is 0 Å². The van der Waals surface area contributed by atoms with Crippen molar-refractivity contribution in [2.75, 3.05) is 19.8 Å². The van der Waals surface area contributed by atoms with E-state index >= 15 is 0 Å². The van der Waals surface area contributed by atoms with Crippen LogP contribution in [0.3, 0.4) is 0 Å². The van der Waals surface area contributed by atoms with Crippen molar-refractivity contribution < 1.29 is 23.0 Å². The maximum Gasteiger partial charge on any atom is 0.326 e. The van der Waals surface area contributed by atoms with Crippen LogP contribution in [0.2, 0.25) is 0 Å². The number of carbonyl (C=O) groups excluding carboxylic acids is 1. The van der Waals surface area contributed by atoms with E-state index in [1.165, 1.54) is 0 Å². The highest BCUT2D eigenvalue weighted by Gasteiger charge is 2.51. The number of esters is 1. The Morgan fingerprint density at radius 1 is 1.38 bits per heavy atom. The summed E-state index contributed by atoms with van der Waals surface area (Å²) >= 11 is 0. The van der Waals surface area contributed by atoms with E-state index in [9.17, 15) is 13.6 Å². The second-order valence-electron chi connectivity index (χ2n) is 5.95. The van der Waals surface area contributed by atoms with E-state index in [0.29, 0.717) is 19.1 Å². The van der Waals surface area contributed by atoms with Gasteiger partial charge in [0.15, 0.2) is 0 Å². The summed E-state index contributed by atoms with van der Waals surface area (Å²) in [7, 11) is 0. The summed E-state index contributed by atoms with van der Waals surface area (Å²) in [4.78, 5) is 12.4. The lowest BCUT2D eigenvalue weighted by molar-refractivity contribution is -0.153. The number of halogens is 2. The number of carbonyl (C=O) groups is 1. The lowest BCUT2D eigenvalue weighted by Crippen LogP contribution is -2.56. The zero-order chi connectivity index (χ0) is 15.3. The van der Waals surface area contributed by atoms with Crippen molar-refractivity contribution in [1.29, 1.82) is 0 Å². The molecule has 2 aliphatic carbocycles. The number of ether oxygens (including phenoxy) is 2. The molecular formula is C15H25F2NO3. The average Bonchev–Trinajstić information content (AvgIpc) is 3.14. The van der Waals surface area contributed by atoms with Gasteiger partial charge >= 0.3 is 5.97 Å². The van der Waals surface area contributed by atoms with Crippen LogP contribution in [-0.2, 0) is 14.3 Å². The molecule has 2 unspecified atom stereocenters. The Kier molecular flexibility index (Phi) is 5.93. The third-order valence-electron chi connectivity index (χ3n) is 4.35. The van der Waals surface area contributed by atoms with Crippen molar-refractivity contribution in [1.82, 2.24) is 5.32 Å². The minimum atomic E-state index is -2.44. The van der Waals surface area contributed by atoms with Gasteiger partial charge in [0.2, 0.25) is 0 Å². The molecule has 0 heterocycles. The largest absolute Gasteiger partial charge is 0.465 e. The van der Waals surface area contributed by atoms with E-state index in [0.717, 1.165) is 32.1 Å². The fourth-order valence-electron chi connectivity index (χ4n) is 3.24. The molecule has 2 fully saturated rings. The topological polar surface area (TPSA) is 47.6 Å². The molecule has 0 aliphatic heterocycles. The summed E-state index contributed by atoms with van der Waals surface area (Å²) in [6.07, 6.45) is 3.00. The number of rotatable bonds is 9. The Morgan fingerprint density at radius 3 is 2.76 bits per heavy atom. The first kappa shape index (κ1) is 16.6. The molecule has 4 nitrogen and oxygen atoms in total. The van der Waals surface area contributed by atoms with Gasteiger partial charge in [0, 0.05) is 12.6 Å². The van der Waals surface area contributed by atoms with Gasteiger partial charge in [-0.1, -0.05) is 6.42 Å². The lowest BCUT2D eigenvalue weighted by Gasteiger charge is -2.34. The fourth-order valence-corrected chi connectivity index (χ4v) is 3.24. The van der Waals surface area contributed by atoms with Crippen LogP contribution in [0.5, 0.6) is 0 Å². The highest BCUT2D eigenvalue weighted by atomic mass is 19.3. The van der Waals surface area contributed by atoms with Crippen molar-refractivity contribution in [2.45, 2.75) is 63.5 Å². The second-order valence-corrected chi connectivity index (χ2v) is 5.95. The smallest absolute Gasteiger partial charge is 0.326 e. The first-order chi connectivity index (χ1) is 10.1. The van der Waals surface area contributed by atoms with Gasteiger partial charge in [0.05, 0.1) is 6.61 Å². The third-order valence-corrected chi connectivity index (χ3v) is 4.35. The van der Waals surface area contributed by atoms with E-state index in [1.807, 2.05) is 0 Å². The summed E-state index contributed by atoms with van der Waals surface area (Å²) in [5.41, 5.74) is -0.634. The van der Waals surface area contributed by atoms with E-state index < -0.39 is 18.6 Å². The van der Waals surface area contributed by atoms with Gasteiger partial charge in [-0.3, -0.25) is 10.1 Å². The van der Waals surface area contributed by atoms with Crippen LogP contribution in [0, 0.1) is 5.92 Å². The van der Waals surface area contributed by atoms with Crippen molar-refractivity contribution in [3.63, 3.8) is 0 Å². The van der Waals surface area contributed by atoms with Gasteiger partial charge in [-0.05, 0) is 44.9 Å². The van der Waals surface area contributed by atoms with Crippen LogP contribution in [-0.4, -0.2) is 43.8 Å². The third kappa shape index (κ3) is 4.36. The monoisotopic (exact) mass is 305 g/mol. The minimum absolute atomic E-state index is 0.106. The summed E-state index contributed by atoms with van der Waals surface area (Å²) in [5, 5.41) is 3.47. The van der Waals surface area contributed by atoms with Crippen LogP contribution < -0.4 is 5.32 Å². The molecule has 0 amide bonds. The number of alkyl halides is 2. The molecule has 122 valence electrons. The van der Waals surface area contributed by atoms with Crippen molar-refractivity contribution >= 4 is 5.97 Å². The molecule has 0 bridgehead atoms. The van der Waals surface area contributed by atoms with Crippen LogP contribution in [0.4, 0.5) is 8.78 Å². The highest BCUT2D eigenvalue weighted by Crippen LogP contribution is 2.41. The van der Waals surface area contributed by atoms with E-state index in [-0.39, 0.29) is 18.5 Å². The SMILES string of the molecule is CCOC(=O)C1(NC2CC2)CCCC1CCOCC(F)F. The molecule has 6 heteroatoms. The van der Waals surface area contributed by atoms with Crippen LogP contribution >= 0.6 is 0 Å². The molecule has 0 radical (unpaired) electrons. The van der Waals surface area contributed by atoms with Crippen molar-refractivity contribution in [3.05, 3.63) is 0 Å². The average molecular weight is 305 g/mol.